The summed E-state index contributed by atoms with van der Waals surface area (Å²) in [4.78, 5) is 2.17. The quantitative estimate of drug-likeness (QED) is 0.874. The molecule has 0 saturated carbocycles. The summed E-state index contributed by atoms with van der Waals surface area (Å²) in [5.74, 6) is -0.282. The Labute approximate surface area is 125 Å². The summed E-state index contributed by atoms with van der Waals surface area (Å²) in [7, 11) is 0. The van der Waals surface area contributed by atoms with Gasteiger partial charge < -0.3 is 19.8 Å². The number of halogens is 1. The molecule has 1 atom stereocenters. The van der Waals surface area contributed by atoms with Gasteiger partial charge in [0.2, 0.25) is 0 Å². The standard InChI is InChI=1S/C16H24FNO3/c1-11-9-16(14(12(2)20)10-15(11)17)18-5-3-13(4-6-18)21-8-7-19/h9-10,12-13,19-20H,3-8H2,1-2H3/t12-/m0/s1. The van der Waals surface area contributed by atoms with Gasteiger partial charge in [0.15, 0.2) is 0 Å². The number of ether oxygens (including phenoxy) is 1. The van der Waals surface area contributed by atoms with Crippen LogP contribution in [0.15, 0.2) is 12.1 Å². The van der Waals surface area contributed by atoms with Gasteiger partial charge in [-0.05, 0) is 44.4 Å². The molecule has 1 saturated heterocycles. The molecule has 1 aliphatic rings. The molecule has 118 valence electrons. The Hall–Kier alpha value is -1.17. The predicted octanol–water partition coefficient (Wildman–Crippen LogP) is 2.17. The molecule has 1 fully saturated rings. The smallest absolute Gasteiger partial charge is 0.126 e. The average Bonchev–Trinajstić information content (AvgIpc) is 2.48. The molecule has 5 heteroatoms. The van der Waals surface area contributed by atoms with Crippen molar-refractivity contribution >= 4 is 5.69 Å². The summed E-state index contributed by atoms with van der Waals surface area (Å²) in [5.41, 5.74) is 2.13. The maximum Gasteiger partial charge on any atom is 0.126 e. The first-order valence-corrected chi connectivity index (χ1v) is 7.48. The fourth-order valence-electron chi connectivity index (χ4n) is 2.77. The molecule has 2 rings (SSSR count). The van der Waals surface area contributed by atoms with Crippen molar-refractivity contribution < 1.29 is 19.3 Å². The minimum atomic E-state index is -0.696. The van der Waals surface area contributed by atoms with Crippen LogP contribution >= 0.6 is 0 Å². The fraction of sp³-hybridized carbons (Fsp3) is 0.625. The summed E-state index contributed by atoms with van der Waals surface area (Å²) in [5, 5.41) is 18.7. The number of hydrogen-bond donors (Lipinski definition) is 2. The van der Waals surface area contributed by atoms with Crippen LogP contribution in [0.1, 0.15) is 37.0 Å². The molecule has 2 N–H and O–H groups in total. The number of piperidine rings is 1. The van der Waals surface area contributed by atoms with Crippen molar-refractivity contribution in [3.8, 4) is 0 Å². The van der Waals surface area contributed by atoms with Crippen molar-refractivity contribution in [2.75, 3.05) is 31.2 Å². The lowest BCUT2D eigenvalue weighted by Gasteiger charge is -2.35. The third kappa shape index (κ3) is 3.93. The molecular formula is C16H24FNO3. The van der Waals surface area contributed by atoms with Gasteiger partial charge in [-0.25, -0.2) is 4.39 Å². The third-order valence-corrected chi connectivity index (χ3v) is 3.99. The SMILES string of the molecule is Cc1cc(N2CCC(OCCO)CC2)c([C@H](C)O)cc1F. The number of anilines is 1. The van der Waals surface area contributed by atoms with E-state index < -0.39 is 6.10 Å². The van der Waals surface area contributed by atoms with E-state index in [2.05, 4.69) is 4.90 Å². The zero-order valence-corrected chi connectivity index (χ0v) is 12.7. The van der Waals surface area contributed by atoms with Crippen LogP contribution in [0.2, 0.25) is 0 Å². The summed E-state index contributed by atoms with van der Waals surface area (Å²) < 4.78 is 19.3. The van der Waals surface area contributed by atoms with E-state index in [0.717, 1.165) is 31.6 Å². The van der Waals surface area contributed by atoms with Gasteiger partial charge in [0.25, 0.3) is 0 Å². The first kappa shape index (κ1) is 16.2. The topological polar surface area (TPSA) is 52.9 Å². The Bertz CT molecular complexity index is 471. The molecule has 0 amide bonds. The van der Waals surface area contributed by atoms with Gasteiger partial charge in [-0.3, -0.25) is 0 Å². The summed E-state index contributed by atoms with van der Waals surface area (Å²) >= 11 is 0. The van der Waals surface area contributed by atoms with Crippen LogP contribution < -0.4 is 4.90 Å². The first-order valence-electron chi connectivity index (χ1n) is 7.48. The molecule has 1 aromatic rings. The Balaban J connectivity index is 2.11. The maximum absolute atomic E-state index is 13.7. The maximum atomic E-state index is 13.7. The number of aryl methyl sites for hydroxylation is 1. The lowest BCUT2D eigenvalue weighted by atomic mass is 10.0. The highest BCUT2D eigenvalue weighted by atomic mass is 19.1. The highest BCUT2D eigenvalue weighted by Crippen LogP contribution is 2.31. The molecule has 21 heavy (non-hydrogen) atoms. The minimum Gasteiger partial charge on any atom is -0.394 e. The second kappa shape index (κ2) is 7.20. The Morgan fingerprint density at radius 3 is 2.62 bits per heavy atom. The third-order valence-electron chi connectivity index (χ3n) is 3.99. The van der Waals surface area contributed by atoms with Gasteiger partial charge in [0.05, 0.1) is 25.4 Å². The zero-order valence-electron chi connectivity index (χ0n) is 12.7. The zero-order chi connectivity index (χ0) is 15.4. The van der Waals surface area contributed by atoms with E-state index in [1.807, 2.05) is 6.07 Å². The van der Waals surface area contributed by atoms with E-state index in [4.69, 9.17) is 9.84 Å². The van der Waals surface area contributed by atoms with Gasteiger partial charge in [0.1, 0.15) is 5.82 Å². The Kier molecular flexibility index (Phi) is 5.56. The van der Waals surface area contributed by atoms with Crippen molar-refractivity contribution in [2.24, 2.45) is 0 Å². The fourth-order valence-corrected chi connectivity index (χ4v) is 2.77. The van der Waals surface area contributed by atoms with Crippen LogP contribution in [0.4, 0.5) is 10.1 Å². The number of aliphatic hydroxyl groups excluding tert-OH is 2. The minimum absolute atomic E-state index is 0.0452. The van der Waals surface area contributed by atoms with Crippen LogP contribution in [-0.4, -0.2) is 42.6 Å². The summed E-state index contributed by atoms with van der Waals surface area (Å²) in [6.07, 6.45) is 1.22. The normalized spacial score (nSPS) is 18.0. The van der Waals surface area contributed by atoms with E-state index in [9.17, 15) is 9.50 Å². The van der Waals surface area contributed by atoms with Crippen LogP contribution in [0.3, 0.4) is 0 Å². The highest BCUT2D eigenvalue weighted by molar-refractivity contribution is 5.57. The molecule has 1 aromatic carbocycles. The van der Waals surface area contributed by atoms with E-state index in [1.54, 1.807) is 13.8 Å². The van der Waals surface area contributed by atoms with Crippen LogP contribution in [0.25, 0.3) is 0 Å². The Morgan fingerprint density at radius 1 is 1.38 bits per heavy atom. The van der Waals surface area contributed by atoms with Crippen molar-refractivity contribution in [3.63, 3.8) is 0 Å². The van der Waals surface area contributed by atoms with E-state index in [0.29, 0.717) is 17.7 Å². The Morgan fingerprint density at radius 2 is 2.05 bits per heavy atom. The van der Waals surface area contributed by atoms with Gasteiger partial charge in [-0.1, -0.05) is 0 Å². The number of benzene rings is 1. The molecule has 1 heterocycles. The van der Waals surface area contributed by atoms with E-state index in [-0.39, 0.29) is 18.5 Å². The number of nitrogens with zero attached hydrogens (tertiary/aromatic N) is 1. The lowest BCUT2D eigenvalue weighted by molar-refractivity contribution is 0.0158. The molecule has 1 aliphatic heterocycles. The first-order chi connectivity index (χ1) is 10.0. The second-order valence-corrected chi connectivity index (χ2v) is 5.62. The molecule has 4 nitrogen and oxygen atoms in total. The molecule has 0 aromatic heterocycles. The molecular weight excluding hydrogens is 273 g/mol. The van der Waals surface area contributed by atoms with Crippen molar-refractivity contribution in [1.29, 1.82) is 0 Å². The van der Waals surface area contributed by atoms with Crippen molar-refractivity contribution in [2.45, 2.75) is 38.9 Å². The summed E-state index contributed by atoms with van der Waals surface area (Å²) in [6.45, 7) is 5.43. The second-order valence-electron chi connectivity index (χ2n) is 5.62. The number of rotatable bonds is 5. The van der Waals surface area contributed by atoms with E-state index in [1.165, 1.54) is 6.07 Å². The van der Waals surface area contributed by atoms with Gasteiger partial charge in [-0.2, -0.15) is 0 Å². The largest absolute Gasteiger partial charge is 0.394 e. The van der Waals surface area contributed by atoms with Gasteiger partial charge in [-0.15, -0.1) is 0 Å². The van der Waals surface area contributed by atoms with Crippen LogP contribution in [0.5, 0.6) is 0 Å². The highest BCUT2D eigenvalue weighted by Gasteiger charge is 2.23. The molecule has 0 unspecified atom stereocenters. The monoisotopic (exact) mass is 297 g/mol. The van der Waals surface area contributed by atoms with Crippen molar-refractivity contribution in [3.05, 3.63) is 29.1 Å². The molecule has 0 aliphatic carbocycles. The lowest BCUT2D eigenvalue weighted by Crippen LogP contribution is -2.38. The molecule has 0 bridgehead atoms. The van der Waals surface area contributed by atoms with E-state index >= 15 is 0 Å². The van der Waals surface area contributed by atoms with Gasteiger partial charge in [0, 0.05) is 24.3 Å². The summed E-state index contributed by atoms with van der Waals surface area (Å²) in [6, 6.07) is 3.25. The van der Waals surface area contributed by atoms with Crippen molar-refractivity contribution in [1.82, 2.24) is 0 Å². The molecule has 0 spiro atoms. The van der Waals surface area contributed by atoms with Gasteiger partial charge >= 0.3 is 0 Å². The number of aliphatic hydroxyl groups is 2. The van der Waals surface area contributed by atoms with Crippen LogP contribution in [0, 0.1) is 12.7 Å². The van der Waals surface area contributed by atoms with Crippen LogP contribution in [-0.2, 0) is 4.74 Å². The molecule has 0 radical (unpaired) electrons. The number of hydrogen-bond acceptors (Lipinski definition) is 4. The predicted molar refractivity (Wildman–Crippen MR) is 80.0 cm³/mol. The average molecular weight is 297 g/mol.